The number of anilines is 1. The second-order valence-electron chi connectivity index (χ2n) is 8.00. The van der Waals surface area contributed by atoms with Crippen molar-refractivity contribution in [1.29, 1.82) is 0 Å². The first kappa shape index (κ1) is 22.7. The molecule has 2 aliphatic heterocycles. The topological polar surface area (TPSA) is 88.6 Å². The third-order valence-corrected chi connectivity index (χ3v) is 5.73. The molecule has 2 aromatic heterocycles. The molecule has 0 aromatic carbocycles. The minimum absolute atomic E-state index is 0.273. The van der Waals surface area contributed by atoms with Crippen LogP contribution in [-0.2, 0) is 20.9 Å². The predicted octanol–water partition coefficient (Wildman–Crippen LogP) is 3.40. The second-order valence-corrected chi connectivity index (χ2v) is 8.41. The average molecular weight is 458 g/mol. The van der Waals surface area contributed by atoms with Crippen molar-refractivity contribution in [3.8, 4) is 0 Å². The van der Waals surface area contributed by atoms with Gasteiger partial charge in [-0.2, -0.15) is 0 Å². The van der Waals surface area contributed by atoms with Gasteiger partial charge in [-0.3, -0.25) is 14.7 Å². The Morgan fingerprint density at radius 2 is 2.25 bits per heavy atom. The predicted molar refractivity (Wildman–Crippen MR) is 123 cm³/mol. The Morgan fingerprint density at radius 1 is 1.31 bits per heavy atom. The molecule has 0 radical (unpaired) electrons. The van der Waals surface area contributed by atoms with Crippen molar-refractivity contribution in [3.63, 3.8) is 0 Å². The van der Waals surface area contributed by atoms with Crippen LogP contribution in [0.2, 0.25) is 5.02 Å². The number of carbonyl (C=O) groups is 1. The largest absolute Gasteiger partial charge is 0.365 e. The molecular weight excluding hydrogens is 430 g/mol. The number of ether oxygens (including phenoxy) is 1. The van der Waals surface area contributed by atoms with Gasteiger partial charge in [-0.05, 0) is 49.1 Å². The number of nitrogens with one attached hydrogen (secondary N) is 2. The van der Waals surface area contributed by atoms with E-state index in [4.69, 9.17) is 21.2 Å². The smallest absolute Gasteiger partial charge is 0.267 e. The van der Waals surface area contributed by atoms with Crippen LogP contribution >= 0.6 is 11.6 Å². The van der Waals surface area contributed by atoms with E-state index in [2.05, 4.69) is 25.7 Å². The van der Waals surface area contributed by atoms with Crippen LogP contribution in [0.1, 0.15) is 36.9 Å². The molecule has 32 heavy (non-hydrogen) atoms. The summed E-state index contributed by atoms with van der Waals surface area (Å²) < 4.78 is 5.41. The molecule has 0 saturated carbocycles. The van der Waals surface area contributed by atoms with Gasteiger partial charge in [-0.25, -0.2) is 15.3 Å². The third kappa shape index (κ3) is 6.74. The molecule has 2 N–H and O–H groups in total. The van der Waals surface area contributed by atoms with E-state index in [9.17, 15) is 4.79 Å². The summed E-state index contributed by atoms with van der Waals surface area (Å²) in [4.78, 5) is 28.4. The van der Waals surface area contributed by atoms with E-state index in [1.165, 1.54) is 6.08 Å². The Labute approximate surface area is 192 Å². The molecule has 4 rings (SSSR count). The lowest BCUT2D eigenvalue weighted by Crippen LogP contribution is -2.32. The average Bonchev–Trinajstić information content (AvgIpc) is 3.26. The summed E-state index contributed by atoms with van der Waals surface area (Å²) in [6, 6.07) is 8.04. The lowest BCUT2D eigenvalue weighted by atomic mass is 10.2. The summed E-state index contributed by atoms with van der Waals surface area (Å²) in [5.41, 5.74) is 4.19. The van der Waals surface area contributed by atoms with Gasteiger partial charge >= 0.3 is 0 Å². The number of amides is 1. The van der Waals surface area contributed by atoms with Crippen LogP contribution in [0.3, 0.4) is 0 Å². The van der Waals surface area contributed by atoms with E-state index in [0.717, 1.165) is 56.6 Å². The molecule has 0 spiro atoms. The van der Waals surface area contributed by atoms with Crippen molar-refractivity contribution in [2.75, 3.05) is 25.0 Å². The third-order valence-electron chi connectivity index (χ3n) is 5.44. The zero-order chi connectivity index (χ0) is 22.2. The number of hydroxylamine groups is 1. The van der Waals surface area contributed by atoms with Crippen molar-refractivity contribution < 1.29 is 14.4 Å². The van der Waals surface area contributed by atoms with Crippen LogP contribution in [0.5, 0.6) is 0 Å². The Hall–Kier alpha value is -2.52. The van der Waals surface area contributed by atoms with Gasteiger partial charge in [0.25, 0.3) is 5.91 Å². The highest BCUT2D eigenvalue weighted by Crippen LogP contribution is 2.24. The molecule has 9 heteroatoms. The van der Waals surface area contributed by atoms with Crippen LogP contribution in [0.15, 0.2) is 42.7 Å². The monoisotopic (exact) mass is 457 g/mol. The van der Waals surface area contributed by atoms with Crippen molar-refractivity contribution in [2.24, 2.45) is 0 Å². The van der Waals surface area contributed by atoms with Gasteiger partial charge in [0, 0.05) is 57.2 Å². The number of likely N-dealkylation sites (tertiary alicyclic amines) is 1. The number of hydrogen-bond acceptors (Lipinski definition) is 7. The summed E-state index contributed by atoms with van der Waals surface area (Å²) in [5.74, 6) is 0.284. The Bertz CT molecular complexity index is 921. The molecule has 2 unspecified atom stereocenters. The molecule has 170 valence electrons. The maximum Gasteiger partial charge on any atom is 0.267 e. The minimum Gasteiger partial charge on any atom is -0.365 e. The van der Waals surface area contributed by atoms with Crippen LogP contribution in [0, 0.1) is 0 Å². The van der Waals surface area contributed by atoms with E-state index in [1.807, 2.05) is 24.4 Å². The molecule has 4 heterocycles. The fraction of sp³-hybridized carbons (Fsp3) is 0.435. The van der Waals surface area contributed by atoms with Gasteiger partial charge in [0.1, 0.15) is 5.82 Å². The van der Waals surface area contributed by atoms with E-state index in [0.29, 0.717) is 17.4 Å². The molecule has 1 amide bonds. The number of carbonyl (C=O) groups excluding carboxylic acids is 1. The molecular formula is C23H28ClN5O3. The number of aromatic nitrogens is 2. The van der Waals surface area contributed by atoms with Gasteiger partial charge in [0.05, 0.1) is 10.7 Å². The molecule has 0 bridgehead atoms. The van der Waals surface area contributed by atoms with E-state index >= 15 is 0 Å². The molecule has 0 aliphatic carbocycles. The van der Waals surface area contributed by atoms with Gasteiger partial charge in [-0.1, -0.05) is 17.7 Å². The number of rotatable bonds is 8. The van der Waals surface area contributed by atoms with Gasteiger partial charge in [0.15, 0.2) is 6.29 Å². The highest BCUT2D eigenvalue weighted by molar-refractivity contribution is 6.33. The first-order chi connectivity index (χ1) is 15.7. The normalized spacial score (nSPS) is 21.7. The Balaban J connectivity index is 1.24. The quantitative estimate of drug-likeness (QED) is 0.464. The zero-order valence-corrected chi connectivity index (χ0v) is 18.6. The maximum atomic E-state index is 11.9. The highest BCUT2D eigenvalue weighted by Gasteiger charge is 2.23. The van der Waals surface area contributed by atoms with Crippen LogP contribution < -0.4 is 10.8 Å². The molecule has 8 nitrogen and oxygen atoms in total. The molecule has 2 atom stereocenters. The van der Waals surface area contributed by atoms with E-state index in [1.54, 1.807) is 18.3 Å². The number of halogens is 1. The van der Waals surface area contributed by atoms with Crippen LogP contribution in [0.4, 0.5) is 5.82 Å². The van der Waals surface area contributed by atoms with Crippen molar-refractivity contribution in [2.45, 2.75) is 44.6 Å². The minimum atomic E-state index is -0.377. The summed E-state index contributed by atoms with van der Waals surface area (Å²) in [6.07, 6.45) is 10.0. The first-order valence-electron chi connectivity index (χ1n) is 11.0. The van der Waals surface area contributed by atoms with Gasteiger partial charge in [0.2, 0.25) is 0 Å². The molecule has 2 aliphatic rings. The summed E-state index contributed by atoms with van der Waals surface area (Å²) in [6.45, 7) is 3.39. The van der Waals surface area contributed by atoms with Crippen LogP contribution in [-0.4, -0.2) is 52.8 Å². The number of nitrogens with zero attached hydrogens (tertiary/aromatic N) is 3. The summed E-state index contributed by atoms with van der Waals surface area (Å²) >= 11 is 6.43. The van der Waals surface area contributed by atoms with Crippen molar-refractivity contribution in [1.82, 2.24) is 20.3 Å². The van der Waals surface area contributed by atoms with Crippen LogP contribution in [0.25, 0.3) is 6.08 Å². The maximum absolute atomic E-state index is 11.9. The first-order valence-corrected chi connectivity index (χ1v) is 11.3. The van der Waals surface area contributed by atoms with Gasteiger partial charge in [-0.15, -0.1) is 0 Å². The molecule has 2 aromatic rings. The fourth-order valence-corrected chi connectivity index (χ4v) is 4.02. The van der Waals surface area contributed by atoms with E-state index in [-0.39, 0.29) is 18.2 Å². The highest BCUT2D eigenvalue weighted by atomic mass is 35.5. The standard InChI is InChI=1S/C23H28ClN5O3/c24-20-13-17(7-8-21(30)28-32-22-6-2-4-12-31-22)14-26-23(20)27-19-9-11-29(16-19)15-18-5-1-3-10-25-18/h1,3,5,7-8,10,13-14,19,22H,2,4,6,9,11-12,15-16H2,(H,26,27)(H,28,30)/b8-7+. The Kier molecular flexibility index (Phi) is 8.06. The summed E-state index contributed by atoms with van der Waals surface area (Å²) in [7, 11) is 0. The van der Waals surface area contributed by atoms with Crippen molar-refractivity contribution in [3.05, 3.63) is 59.0 Å². The fourth-order valence-electron chi connectivity index (χ4n) is 3.79. The number of pyridine rings is 2. The molecule has 2 fully saturated rings. The second kappa shape index (κ2) is 11.4. The summed E-state index contributed by atoms with van der Waals surface area (Å²) in [5, 5.41) is 3.95. The SMILES string of the molecule is O=C(/C=C/c1cnc(NC2CCN(Cc3ccccn3)C2)c(Cl)c1)NOC1CCCCO1. The Morgan fingerprint density at radius 3 is 3.03 bits per heavy atom. The van der Waals surface area contributed by atoms with E-state index < -0.39 is 0 Å². The van der Waals surface area contributed by atoms with Gasteiger partial charge < -0.3 is 10.1 Å². The lowest BCUT2D eigenvalue weighted by molar-refractivity contribution is -0.198. The zero-order valence-electron chi connectivity index (χ0n) is 17.9. The van der Waals surface area contributed by atoms with Crippen molar-refractivity contribution >= 4 is 29.4 Å². The molecule has 2 saturated heterocycles. The number of hydrogen-bond donors (Lipinski definition) is 2. The lowest BCUT2D eigenvalue weighted by Gasteiger charge is -2.21.